The molecule has 1 saturated heterocycles. The summed E-state index contributed by atoms with van der Waals surface area (Å²) in [5.74, 6) is 1.95. The lowest BCUT2D eigenvalue weighted by molar-refractivity contribution is 0.102. The highest BCUT2D eigenvalue weighted by Crippen LogP contribution is 2.31. The molecule has 1 atom stereocenters. The minimum absolute atomic E-state index is 0.155. The van der Waals surface area contributed by atoms with Crippen LogP contribution in [-0.2, 0) is 13.1 Å². The zero-order valence-corrected chi connectivity index (χ0v) is 17.5. The number of rotatable bonds is 7. The van der Waals surface area contributed by atoms with Crippen LogP contribution in [0.25, 0.3) is 0 Å². The molecule has 2 aromatic heterocycles. The number of imidazole rings is 1. The lowest BCUT2D eigenvalue weighted by Gasteiger charge is -2.32. The number of carbonyl (C=O) groups is 1. The predicted molar refractivity (Wildman–Crippen MR) is 115 cm³/mol. The Kier molecular flexibility index (Phi) is 6.13. The van der Waals surface area contributed by atoms with Crippen LogP contribution < -0.4 is 10.1 Å². The third-order valence-corrected chi connectivity index (χ3v) is 5.69. The molecule has 1 amide bonds. The van der Waals surface area contributed by atoms with E-state index in [9.17, 15) is 4.79 Å². The summed E-state index contributed by atoms with van der Waals surface area (Å²) in [5, 5.41) is 10.3. The van der Waals surface area contributed by atoms with Crippen molar-refractivity contribution in [3.05, 3.63) is 59.9 Å². The molecule has 158 valence electrons. The highest BCUT2D eigenvalue weighted by atomic mass is 16.5. The van der Waals surface area contributed by atoms with E-state index in [1.807, 2.05) is 12.4 Å². The highest BCUT2D eigenvalue weighted by Gasteiger charge is 2.26. The number of ether oxygens (including phenoxy) is 1. The molecular formula is C22H28N6O2. The number of H-pyrrole nitrogens is 1. The molecule has 3 aromatic rings. The fourth-order valence-corrected chi connectivity index (χ4v) is 4.06. The van der Waals surface area contributed by atoms with Gasteiger partial charge in [-0.25, -0.2) is 4.98 Å². The van der Waals surface area contributed by atoms with E-state index >= 15 is 0 Å². The van der Waals surface area contributed by atoms with Crippen molar-refractivity contribution in [3.63, 3.8) is 0 Å². The van der Waals surface area contributed by atoms with Gasteiger partial charge in [0.1, 0.15) is 11.6 Å². The maximum atomic E-state index is 12.7. The van der Waals surface area contributed by atoms with Gasteiger partial charge in [-0.2, -0.15) is 5.10 Å². The first-order valence-corrected chi connectivity index (χ1v) is 10.4. The molecule has 1 aromatic carbocycles. The lowest BCUT2D eigenvalue weighted by Crippen LogP contribution is -2.35. The third kappa shape index (κ3) is 4.38. The smallest absolute Gasteiger partial charge is 0.255 e. The Hall–Kier alpha value is -3.13. The van der Waals surface area contributed by atoms with Crippen LogP contribution in [-0.4, -0.2) is 50.8 Å². The van der Waals surface area contributed by atoms with Crippen molar-refractivity contribution in [2.75, 3.05) is 25.5 Å². The molecule has 1 unspecified atom stereocenters. The molecule has 30 heavy (non-hydrogen) atoms. The van der Waals surface area contributed by atoms with Gasteiger partial charge in [0.15, 0.2) is 0 Å². The van der Waals surface area contributed by atoms with E-state index in [0.717, 1.165) is 62.0 Å². The summed E-state index contributed by atoms with van der Waals surface area (Å²) in [7, 11) is 1.61. The minimum Gasteiger partial charge on any atom is -0.497 e. The molecule has 0 saturated carbocycles. The van der Waals surface area contributed by atoms with Gasteiger partial charge in [-0.15, -0.1) is 0 Å². The molecule has 1 fully saturated rings. The second kappa shape index (κ2) is 9.13. The average Bonchev–Trinajstić information content (AvgIpc) is 3.43. The van der Waals surface area contributed by atoms with Crippen molar-refractivity contribution in [2.45, 2.75) is 38.8 Å². The van der Waals surface area contributed by atoms with Crippen molar-refractivity contribution in [1.29, 1.82) is 0 Å². The number of nitrogens with zero attached hydrogens (tertiary/aromatic N) is 4. The number of nitrogens with one attached hydrogen (secondary N) is 2. The van der Waals surface area contributed by atoms with Crippen molar-refractivity contribution in [3.8, 4) is 5.75 Å². The first-order chi connectivity index (χ1) is 14.7. The Morgan fingerprint density at radius 3 is 2.93 bits per heavy atom. The summed E-state index contributed by atoms with van der Waals surface area (Å²) in [6.45, 7) is 5.85. The zero-order chi connectivity index (χ0) is 20.9. The molecule has 8 nitrogen and oxygen atoms in total. The second-order valence-corrected chi connectivity index (χ2v) is 7.58. The van der Waals surface area contributed by atoms with Crippen molar-refractivity contribution < 1.29 is 9.53 Å². The standard InChI is InChI=1S/C22H28N6O2/c1-3-28-12-10-23-20(28)15-27-11-4-5-17(14-27)21-19(13-24-26-21)25-22(29)16-6-8-18(30-2)9-7-16/h6-10,12-13,17H,3-5,11,14-15H2,1-2H3,(H,24,26)(H,25,29). The van der Waals surface area contributed by atoms with Crippen LogP contribution in [0.2, 0.25) is 0 Å². The fourth-order valence-electron chi connectivity index (χ4n) is 4.06. The summed E-state index contributed by atoms with van der Waals surface area (Å²) >= 11 is 0. The molecule has 8 heteroatoms. The van der Waals surface area contributed by atoms with Crippen molar-refractivity contribution in [2.24, 2.45) is 0 Å². The first kappa shape index (κ1) is 20.2. The summed E-state index contributed by atoms with van der Waals surface area (Å²) < 4.78 is 7.34. The number of hydrogen-bond donors (Lipinski definition) is 2. The van der Waals surface area contributed by atoms with E-state index in [-0.39, 0.29) is 11.8 Å². The number of aryl methyl sites for hydroxylation is 1. The number of anilines is 1. The topological polar surface area (TPSA) is 88.1 Å². The largest absolute Gasteiger partial charge is 0.497 e. The van der Waals surface area contributed by atoms with Crippen molar-refractivity contribution in [1.82, 2.24) is 24.6 Å². The van der Waals surface area contributed by atoms with Gasteiger partial charge in [0.2, 0.25) is 0 Å². The summed E-state index contributed by atoms with van der Waals surface area (Å²) in [5.41, 5.74) is 2.32. The number of hydrogen-bond acceptors (Lipinski definition) is 5. The summed E-state index contributed by atoms with van der Waals surface area (Å²) in [4.78, 5) is 19.6. The van der Waals surface area contributed by atoms with E-state index in [1.54, 1.807) is 37.6 Å². The number of aromatic amines is 1. The summed E-state index contributed by atoms with van der Waals surface area (Å²) in [6, 6.07) is 7.08. The maximum absolute atomic E-state index is 12.7. The van der Waals surface area contributed by atoms with E-state index in [4.69, 9.17) is 4.74 Å². The Balaban J connectivity index is 1.43. The second-order valence-electron chi connectivity index (χ2n) is 7.58. The minimum atomic E-state index is -0.155. The number of carbonyl (C=O) groups excluding carboxylic acids is 1. The van der Waals surface area contributed by atoms with Gasteiger partial charge in [-0.1, -0.05) is 0 Å². The van der Waals surface area contributed by atoms with Crippen LogP contribution in [0.15, 0.2) is 42.9 Å². The molecule has 2 N–H and O–H groups in total. The molecular weight excluding hydrogens is 380 g/mol. The lowest BCUT2D eigenvalue weighted by atomic mass is 9.94. The number of piperidine rings is 1. The fraction of sp³-hybridized carbons (Fsp3) is 0.409. The molecule has 1 aliphatic rings. The molecule has 0 spiro atoms. The van der Waals surface area contributed by atoms with E-state index in [0.29, 0.717) is 5.56 Å². The van der Waals surface area contributed by atoms with Gasteiger partial charge in [-0.05, 0) is 50.6 Å². The van der Waals surface area contributed by atoms with Crippen molar-refractivity contribution >= 4 is 11.6 Å². The Morgan fingerprint density at radius 1 is 1.33 bits per heavy atom. The Labute approximate surface area is 176 Å². The number of benzene rings is 1. The molecule has 0 aliphatic carbocycles. The van der Waals surface area contributed by atoms with Gasteiger partial charge >= 0.3 is 0 Å². The van der Waals surface area contributed by atoms with Crippen LogP contribution in [0, 0.1) is 0 Å². The quantitative estimate of drug-likeness (QED) is 0.626. The SMILES string of the molecule is CCn1ccnc1CN1CCCC(c2[nH]ncc2NC(=O)c2ccc(OC)cc2)C1. The van der Waals surface area contributed by atoms with Crippen LogP contribution in [0.5, 0.6) is 5.75 Å². The van der Waals surface area contributed by atoms with E-state index in [1.165, 1.54) is 0 Å². The maximum Gasteiger partial charge on any atom is 0.255 e. The zero-order valence-electron chi connectivity index (χ0n) is 17.5. The van der Waals surface area contributed by atoms with Crippen LogP contribution in [0.4, 0.5) is 5.69 Å². The molecule has 3 heterocycles. The average molecular weight is 409 g/mol. The third-order valence-electron chi connectivity index (χ3n) is 5.69. The number of amides is 1. The van der Waals surface area contributed by atoms with Gasteiger partial charge in [-0.3, -0.25) is 14.8 Å². The molecule has 4 rings (SSSR count). The first-order valence-electron chi connectivity index (χ1n) is 10.4. The number of likely N-dealkylation sites (tertiary alicyclic amines) is 1. The molecule has 0 bridgehead atoms. The van der Waals surface area contributed by atoms with E-state index in [2.05, 4.69) is 36.9 Å². The van der Waals surface area contributed by atoms with Crippen LogP contribution in [0.1, 0.15) is 47.6 Å². The molecule has 1 aliphatic heterocycles. The van der Waals surface area contributed by atoms with Gasteiger partial charge in [0, 0.05) is 37.0 Å². The van der Waals surface area contributed by atoms with Crippen LogP contribution >= 0.6 is 0 Å². The number of methoxy groups -OCH3 is 1. The number of aromatic nitrogens is 4. The normalized spacial score (nSPS) is 17.1. The molecule has 0 radical (unpaired) electrons. The van der Waals surface area contributed by atoms with Gasteiger partial charge in [0.25, 0.3) is 5.91 Å². The van der Waals surface area contributed by atoms with Gasteiger partial charge in [0.05, 0.1) is 31.2 Å². The van der Waals surface area contributed by atoms with Crippen LogP contribution in [0.3, 0.4) is 0 Å². The predicted octanol–water partition coefficient (Wildman–Crippen LogP) is 3.27. The van der Waals surface area contributed by atoms with E-state index < -0.39 is 0 Å². The Morgan fingerprint density at radius 2 is 2.17 bits per heavy atom. The highest BCUT2D eigenvalue weighted by molar-refractivity contribution is 6.04. The monoisotopic (exact) mass is 408 g/mol. The Bertz CT molecular complexity index is 978. The van der Waals surface area contributed by atoms with Gasteiger partial charge < -0.3 is 14.6 Å². The summed E-state index contributed by atoms with van der Waals surface area (Å²) in [6.07, 6.45) is 7.74.